The van der Waals surface area contributed by atoms with Crippen LogP contribution in [0.2, 0.25) is 0 Å². The van der Waals surface area contributed by atoms with Crippen LogP contribution in [0.5, 0.6) is 0 Å². The maximum absolute atomic E-state index is 12.5. The van der Waals surface area contributed by atoms with Gasteiger partial charge in [-0.1, -0.05) is 19.8 Å². The lowest BCUT2D eigenvalue weighted by Crippen LogP contribution is -2.45. The van der Waals surface area contributed by atoms with Gasteiger partial charge in [0.05, 0.1) is 5.56 Å². The molecule has 1 amide bonds. The van der Waals surface area contributed by atoms with Crippen LogP contribution in [0.3, 0.4) is 0 Å². The number of amides is 1. The van der Waals surface area contributed by atoms with Crippen LogP contribution < -0.4 is 5.32 Å². The monoisotopic (exact) mass is 356 g/mol. The molecule has 1 saturated carbocycles. The van der Waals surface area contributed by atoms with Gasteiger partial charge in [0.1, 0.15) is 0 Å². The largest absolute Gasteiger partial charge is 0.449 e. The summed E-state index contributed by atoms with van der Waals surface area (Å²) in [5.74, 6) is -0.214. The van der Waals surface area contributed by atoms with Gasteiger partial charge in [-0.3, -0.25) is 4.79 Å². The molecule has 5 nitrogen and oxygen atoms in total. The second-order valence-corrected chi connectivity index (χ2v) is 7.56. The second kappa shape index (κ2) is 7.52. The van der Waals surface area contributed by atoms with Crippen molar-refractivity contribution in [3.8, 4) is 0 Å². The number of ether oxygens (including phenoxy) is 1. The molecule has 1 heterocycles. The predicted octanol–water partition coefficient (Wildman–Crippen LogP) is 4.02. The minimum atomic E-state index is -0.804. The first-order valence-electron chi connectivity index (χ1n) is 9.47. The van der Waals surface area contributed by atoms with E-state index in [0.717, 1.165) is 41.4 Å². The molecular formula is C21H28N2O3. The van der Waals surface area contributed by atoms with Gasteiger partial charge < -0.3 is 15.0 Å². The Kier molecular flexibility index (Phi) is 5.35. The molecule has 1 aliphatic rings. The molecule has 1 fully saturated rings. The summed E-state index contributed by atoms with van der Waals surface area (Å²) >= 11 is 0. The van der Waals surface area contributed by atoms with Crippen LogP contribution in [-0.2, 0) is 9.53 Å². The van der Waals surface area contributed by atoms with Crippen molar-refractivity contribution in [1.82, 2.24) is 10.3 Å². The van der Waals surface area contributed by atoms with Gasteiger partial charge in [0.25, 0.3) is 5.91 Å². The number of esters is 1. The van der Waals surface area contributed by atoms with E-state index in [-0.39, 0.29) is 11.9 Å². The number of aryl methyl sites for hydroxylation is 2. The lowest BCUT2D eigenvalue weighted by Gasteiger charge is -2.30. The molecule has 0 radical (unpaired) electrons. The zero-order valence-electron chi connectivity index (χ0n) is 16.0. The maximum Gasteiger partial charge on any atom is 0.338 e. The van der Waals surface area contributed by atoms with Gasteiger partial charge >= 0.3 is 5.97 Å². The van der Waals surface area contributed by atoms with Crippen molar-refractivity contribution >= 4 is 22.8 Å². The summed E-state index contributed by atoms with van der Waals surface area (Å²) in [7, 11) is 0. The summed E-state index contributed by atoms with van der Waals surface area (Å²) in [6.07, 6.45) is 3.68. The number of hydrogen-bond acceptors (Lipinski definition) is 3. The molecule has 140 valence electrons. The number of nitrogens with one attached hydrogen (secondary N) is 2. The third kappa shape index (κ3) is 3.76. The number of rotatable bonds is 4. The average Bonchev–Trinajstić information content (AvgIpc) is 2.90. The lowest BCUT2D eigenvalue weighted by molar-refractivity contribution is -0.130. The van der Waals surface area contributed by atoms with Gasteiger partial charge in [-0.05, 0) is 63.3 Å². The van der Waals surface area contributed by atoms with Crippen molar-refractivity contribution in [1.29, 1.82) is 0 Å². The highest BCUT2D eigenvalue weighted by molar-refractivity contribution is 5.97. The Balaban J connectivity index is 1.65. The van der Waals surface area contributed by atoms with Crippen LogP contribution >= 0.6 is 0 Å². The van der Waals surface area contributed by atoms with Gasteiger partial charge in [0.2, 0.25) is 0 Å². The molecule has 0 unspecified atom stereocenters. The molecule has 2 N–H and O–H groups in total. The summed E-state index contributed by atoms with van der Waals surface area (Å²) < 4.78 is 5.41. The first-order valence-corrected chi connectivity index (χ1v) is 9.47. The Hall–Kier alpha value is -2.30. The number of H-pyrrole nitrogens is 1. The highest BCUT2D eigenvalue weighted by atomic mass is 16.5. The van der Waals surface area contributed by atoms with Gasteiger partial charge in [-0.2, -0.15) is 0 Å². The van der Waals surface area contributed by atoms with Crippen LogP contribution in [-0.4, -0.2) is 29.0 Å². The first kappa shape index (κ1) is 18.5. The molecule has 1 aliphatic carbocycles. The number of hydrogen-bond donors (Lipinski definition) is 2. The molecular weight excluding hydrogens is 328 g/mol. The Labute approximate surface area is 154 Å². The smallest absolute Gasteiger partial charge is 0.338 e. The maximum atomic E-state index is 12.5. The Bertz CT molecular complexity index is 824. The highest BCUT2D eigenvalue weighted by Crippen LogP contribution is 2.24. The lowest BCUT2D eigenvalue weighted by atomic mass is 9.86. The third-order valence-corrected chi connectivity index (χ3v) is 5.64. The molecule has 0 saturated heterocycles. The van der Waals surface area contributed by atoms with Gasteiger partial charge in [0.15, 0.2) is 6.10 Å². The van der Waals surface area contributed by atoms with E-state index in [1.807, 2.05) is 26.0 Å². The zero-order chi connectivity index (χ0) is 18.8. The van der Waals surface area contributed by atoms with Crippen molar-refractivity contribution in [2.75, 3.05) is 0 Å². The van der Waals surface area contributed by atoms with Gasteiger partial charge in [-0.15, -0.1) is 0 Å². The SMILES string of the molecule is Cc1[nH]c2ccc(C(=O)O[C@@H](C)C(=O)N[C@@H]3CCCC[C@@H]3C)cc2c1C. The van der Waals surface area contributed by atoms with E-state index >= 15 is 0 Å². The number of fused-ring (bicyclic) bond motifs is 1. The van der Waals surface area contributed by atoms with Crippen molar-refractivity contribution in [3.05, 3.63) is 35.0 Å². The second-order valence-electron chi connectivity index (χ2n) is 7.56. The van der Waals surface area contributed by atoms with Crippen molar-refractivity contribution in [2.24, 2.45) is 5.92 Å². The Morgan fingerprint density at radius 2 is 1.96 bits per heavy atom. The van der Waals surface area contributed by atoms with Crippen molar-refractivity contribution in [3.63, 3.8) is 0 Å². The minimum Gasteiger partial charge on any atom is -0.449 e. The molecule has 0 spiro atoms. The summed E-state index contributed by atoms with van der Waals surface area (Å²) in [6.45, 7) is 7.82. The van der Waals surface area contributed by atoms with Crippen LogP contribution in [0.4, 0.5) is 0 Å². The van der Waals surface area contributed by atoms with Crippen LogP contribution in [0.1, 0.15) is 61.1 Å². The summed E-state index contributed by atoms with van der Waals surface area (Å²) in [4.78, 5) is 28.2. The normalized spacial score (nSPS) is 21.4. The van der Waals surface area contributed by atoms with E-state index in [0.29, 0.717) is 11.5 Å². The van der Waals surface area contributed by atoms with Crippen LogP contribution in [0, 0.1) is 19.8 Å². The fourth-order valence-corrected chi connectivity index (χ4v) is 3.70. The Morgan fingerprint density at radius 3 is 2.69 bits per heavy atom. The van der Waals surface area contributed by atoms with E-state index in [1.54, 1.807) is 13.0 Å². The minimum absolute atomic E-state index is 0.180. The molecule has 26 heavy (non-hydrogen) atoms. The number of aromatic amines is 1. The van der Waals surface area contributed by atoms with Crippen molar-refractivity contribution < 1.29 is 14.3 Å². The molecule has 0 bridgehead atoms. The number of carbonyl (C=O) groups is 2. The van der Waals surface area contributed by atoms with E-state index in [2.05, 4.69) is 17.2 Å². The summed E-state index contributed by atoms with van der Waals surface area (Å²) in [5.41, 5.74) is 3.66. The Morgan fingerprint density at radius 1 is 1.23 bits per heavy atom. The fraction of sp³-hybridized carbons (Fsp3) is 0.524. The number of aromatic nitrogens is 1. The van der Waals surface area contributed by atoms with Crippen molar-refractivity contribution in [2.45, 2.75) is 65.5 Å². The quantitative estimate of drug-likeness (QED) is 0.813. The summed E-state index contributed by atoms with van der Waals surface area (Å²) in [5, 5.41) is 4.05. The van der Waals surface area contributed by atoms with E-state index < -0.39 is 12.1 Å². The first-order chi connectivity index (χ1) is 12.4. The molecule has 3 atom stereocenters. The van der Waals surface area contributed by atoms with E-state index in [1.165, 1.54) is 6.42 Å². The standard InChI is InChI=1S/C21H28N2O3/c1-12-7-5-6-8-18(12)23-20(24)15(4)26-21(25)16-9-10-19-17(11-16)13(2)14(3)22-19/h9-12,15,18,22H,5-8H2,1-4H3,(H,23,24)/t12-,15-,18+/m0/s1. The van der Waals surface area contributed by atoms with Crippen LogP contribution in [0.15, 0.2) is 18.2 Å². The molecule has 5 heteroatoms. The molecule has 3 rings (SSSR count). The van der Waals surface area contributed by atoms with E-state index in [9.17, 15) is 9.59 Å². The van der Waals surface area contributed by atoms with Crippen LogP contribution in [0.25, 0.3) is 10.9 Å². The number of benzene rings is 1. The van der Waals surface area contributed by atoms with Gasteiger partial charge in [-0.25, -0.2) is 4.79 Å². The van der Waals surface area contributed by atoms with E-state index in [4.69, 9.17) is 4.74 Å². The number of carbonyl (C=O) groups excluding carboxylic acids is 2. The fourth-order valence-electron chi connectivity index (χ4n) is 3.70. The third-order valence-electron chi connectivity index (χ3n) is 5.64. The molecule has 2 aromatic rings. The average molecular weight is 356 g/mol. The topological polar surface area (TPSA) is 71.2 Å². The molecule has 0 aliphatic heterocycles. The van der Waals surface area contributed by atoms with Gasteiger partial charge in [0, 0.05) is 22.6 Å². The predicted molar refractivity (Wildman–Crippen MR) is 102 cm³/mol. The molecule has 1 aromatic carbocycles. The molecule has 1 aromatic heterocycles. The highest BCUT2D eigenvalue weighted by Gasteiger charge is 2.26. The zero-order valence-corrected chi connectivity index (χ0v) is 16.0. The summed E-state index contributed by atoms with van der Waals surface area (Å²) in [6, 6.07) is 5.61.